The molecule has 1 rings (SSSR count). The lowest BCUT2D eigenvalue weighted by Gasteiger charge is -2.34. The summed E-state index contributed by atoms with van der Waals surface area (Å²) in [5.41, 5.74) is -0.00132. The summed E-state index contributed by atoms with van der Waals surface area (Å²) in [6.45, 7) is 7.11. The summed E-state index contributed by atoms with van der Waals surface area (Å²) in [4.78, 5) is 2.42. The number of aliphatic hydroxyl groups is 1. The molecular weight excluding hydrogens is 212 g/mol. The van der Waals surface area contributed by atoms with Crippen LogP contribution in [0.3, 0.4) is 0 Å². The molecule has 0 spiro atoms. The minimum absolute atomic E-state index is 0.00132. The highest BCUT2D eigenvalue weighted by Gasteiger charge is 2.40. The maximum Gasteiger partial charge on any atom is 0.0615 e. The first-order chi connectivity index (χ1) is 8.04. The number of rotatable bonds is 7. The molecule has 102 valence electrons. The maximum atomic E-state index is 9.62. The molecule has 0 aromatic rings. The summed E-state index contributed by atoms with van der Waals surface area (Å²) in [7, 11) is 4.20. The van der Waals surface area contributed by atoms with Gasteiger partial charge in [0, 0.05) is 12.1 Å². The topological polar surface area (TPSA) is 35.5 Å². The van der Waals surface area contributed by atoms with Crippen molar-refractivity contribution in [3.05, 3.63) is 0 Å². The van der Waals surface area contributed by atoms with Crippen LogP contribution < -0.4 is 5.32 Å². The SMILES string of the molecule is CNC1(CO)CCCC1CCN(C)CC(C)C. The summed E-state index contributed by atoms with van der Waals surface area (Å²) in [6, 6.07) is 0. The second-order valence-electron chi connectivity index (χ2n) is 6.10. The lowest BCUT2D eigenvalue weighted by molar-refractivity contribution is 0.119. The Balaban J connectivity index is 2.40. The quantitative estimate of drug-likeness (QED) is 0.713. The zero-order valence-corrected chi connectivity index (χ0v) is 12.0. The summed E-state index contributed by atoms with van der Waals surface area (Å²) in [5.74, 6) is 1.36. The molecule has 2 N–H and O–H groups in total. The molecule has 2 unspecified atom stereocenters. The fourth-order valence-electron chi connectivity index (χ4n) is 3.27. The van der Waals surface area contributed by atoms with E-state index >= 15 is 0 Å². The molecule has 17 heavy (non-hydrogen) atoms. The number of hydrogen-bond donors (Lipinski definition) is 2. The van der Waals surface area contributed by atoms with Gasteiger partial charge in [-0.1, -0.05) is 20.3 Å². The van der Waals surface area contributed by atoms with Crippen LogP contribution in [-0.2, 0) is 0 Å². The molecule has 1 saturated carbocycles. The Morgan fingerprint density at radius 3 is 2.71 bits per heavy atom. The van der Waals surface area contributed by atoms with Crippen LogP contribution >= 0.6 is 0 Å². The van der Waals surface area contributed by atoms with Gasteiger partial charge in [-0.15, -0.1) is 0 Å². The van der Waals surface area contributed by atoms with Gasteiger partial charge in [0.25, 0.3) is 0 Å². The van der Waals surface area contributed by atoms with Crippen LogP contribution in [0.25, 0.3) is 0 Å². The number of nitrogens with zero attached hydrogens (tertiary/aromatic N) is 1. The lowest BCUT2D eigenvalue weighted by Crippen LogP contribution is -2.50. The molecule has 3 nitrogen and oxygen atoms in total. The van der Waals surface area contributed by atoms with Gasteiger partial charge < -0.3 is 15.3 Å². The Labute approximate surface area is 107 Å². The average molecular weight is 242 g/mol. The van der Waals surface area contributed by atoms with E-state index in [0.717, 1.165) is 18.9 Å². The summed E-state index contributed by atoms with van der Waals surface area (Å²) < 4.78 is 0. The van der Waals surface area contributed by atoms with Crippen molar-refractivity contribution in [3.63, 3.8) is 0 Å². The Bertz CT molecular complexity index is 214. The van der Waals surface area contributed by atoms with Crippen molar-refractivity contribution in [1.29, 1.82) is 0 Å². The molecule has 0 saturated heterocycles. The fraction of sp³-hybridized carbons (Fsp3) is 1.00. The van der Waals surface area contributed by atoms with E-state index < -0.39 is 0 Å². The standard InChI is InChI=1S/C14H30N2O/c1-12(2)10-16(4)9-7-13-6-5-8-14(13,11-17)15-3/h12-13,15,17H,5-11H2,1-4H3. The van der Waals surface area contributed by atoms with E-state index in [0.29, 0.717) is 5.92 Å². The predicted octanol–water partition coefficient (Wildman–Crippen LogP) is 1.71. The third-order valence-electron chi connectivity index (χ3n) is 4.27. The molecule has 1 fully saturated rings. The molecule has 1 aliphatic carbocycles. The predicted molar refractivity (Wildman–Crippen MR) is 73.2 cm³/mol. The summed E-state index contributed by atoms with van der Waals surface area (Å²) in [6.07, 6.45) is 4.83. The van der Waals surface area contributed by atoms with Crippen molar-refractivity contribution in [2.24, 2.45) is 11.8 Å². The molecule has 0 aromatic heterocycles. The first-order valence-corrected chi connectivity index (χ1v) is 7.02. The molecule has 0 heterocycles. The molecular formula is C14H30N2O. The van der Waals surface area contributed by atoms with Gasteiger partial charge in [0.2, 0.25) is 0 Å². The molecule has 0 aliphatic heterocycles. The number of aliphatic hydroxyl groups excluding tert-OH is 1. The normalized spacial score (nSPS) is 29.5. The van der Waals surface area contributed by atoms with E-state index in [9.17, 15) is 5.11 Å². The lowest BCUT2D eigenvalue weighted by atomic mass is 9.85. The van der Waals surface area contributed by atoms with Crippen molar-refractivity contribution >= 4 is 0 Å². The minimum Gasteiger partial charge on any atom is -0.394 e. The second kappa shape index (κ2) is 6.72. The Kier molecular flexibility index (Phi) is 5.90. The van der Waals surface area contributed by atoms with Gasteiger partial charge in [0.15, 0.2) is 0 Å². The molecule has 0 aromatic carbocycles. The highest BCUT2D eigenvalue weighted by Crippen LogP contribution is 2.37. The highest BCUT2D eigenvalue weighted by molar-refractivity contribution is 4.98. The number of hydrogen-bond acceptors (Lipinski definition) is 3. The highest BCUT2D eigenvalue weighted by atomic mass is 16.3. The monoisotopic (exact) mass is 242 g/mol. The van der Waals surface area contributed by atoms with Gasteiger partial charge in [-0.3, -0.25) is 0 Å². The first kappa shape index (κ1) is 14.9. The van der Waals surface area contributed by atoms with Crippen LogP contribution in [0.5, 0.6) is 0 Å². The largest absolute Gasteiger partial charge is 0.394 e. The molecule has 0 bridgehead atoms. The van der Waals surface area contributed by atoms with Crippen molar-refractivity contribution in [3.8, 4) is 0 Å². The molecule has 0 radical (unpaired) electrons. The summed E-state index contributed by atoms with van der Waals surface area (Å²) >= 11 is 0. The van der Waals surface area contributed by atoms with E-state index in [1.165, 1.54) is 25.8 Å². The smallest absolute Gasteiger partial charge is 0.0615 e. The van der Waals surface area contributed by atoms with E-state index in [1.807, 2.05) is 7.05 Å². The van der Waals surface area contributed by atoms with Crippen LogP contribution in [0.4, 0.5) is 0 Å². The Hall–Kier alpha value is -0.120. The third-order valence-corrected chi connectivity index (χ3v) is 4.27. The van der Waals surface area contributed by atoms with E-state index in [1.54, 1.807) is 0 Å². The minimum atomic E-state index is -0.00132. The summed E-state index contributed by atoms with van der Waals surface area (Å²) in [5, 5.41) is 13.0. The Morgan fingerprint density at radius 1 is 1.47 bits per heavy atom. The van der Waals surface area contributed by atoms with Crippen LogP contribution in [0.15, 0.2) is 0 Å². The van der Waals surface area contributed by atoms with Gasteiger partial charge in [0.05, 0.1) is 6.61 Å². The van der Waals surface area contributed by atoms with Crippen molar-refractivity contribution in [1.82, 2.24) is 10.2 Å². The fourth-order valence-corrected chi connectivity index (χ4v) is 3.27. The van der Waals surface area contributed by atoms with Gasteiger partial charge in [0.1, 0.15) is 0 Å². The van der Waals surface area contributed by atoms with E-state index in [2.05, 4.69) is 31.1 Å². The van der Waals surface area contributed by atoms with E-state index in [4.69, 9.17) is 0 Å². The second-order valence-corrected chi connectivity index (χ2v) is 6.10. The molecule has 0 amide bonds. The average Bonchev–Trinajstić information content (AvgIpc) is 2.69. The number of nitrogens with one attached hydrogen (secondary N) is 1. The zero-order valence-electron chi connectivity index (χ0n) is 12.0. The molecule has 2 atom stereocenters. The zero-order chi connectivity index (χ0) is 12.9. The van der Waals surface area contributed by atoms with Gasteiger partial charge in [-0.05, 0) is 51.7 Å². The van der Waals surface area contributed by atoms with Gasteiger partial charge in [-0.2, -0.15) is 0 Å². The van der Waals surface area contributed by atoms with Crippen LogP contribution in [0.2, 0.25) is 0 Å². The van der Waals surface area contributed by atoms with Gasteiger partial charge in [-0.25, -0.2) is 0 Å². The van der Waals surface area contributed by atoms with Crippen LogP contribution in [0.1, 0.15) is 39.5 Å². The van der Waals surface area contributed by atoms with Crippen molar-refractivity contribution in [2.45, 2.75) is 45.1 Å². The van der Waals surface area contributed by atoms with E-state index in [-0.39, 0.29) is 12.1 Å². The van der Waals surface area contributed by atoms with Crippen LogP contribution in [0, 0.1) is 11.8 Å². The first-order valence-electron chi connectivity index (χ1n) is 7.02. The molecule has 3 heteroatoms. The van der Waals surface area contributed by atoms with Crippen molar-refractivity contribution in [2.75, 3.05) is 33.8 Å². The Morgan fingerprint density at radius 2 is 2.18 bits per heavy atom. The molecule has 1 aliphatic rings. The third kappa shape index (κ3) is 3.94. The maximum absolute atomic E-state index is 9.62. The number of likely N-dealkylation sites (N-methyl/N-ethyl adjacent to an activating group) is 1. The van der Waals surface area contributed by atoms with Gasteiger partial charge >= 0.3 is 0 Å². The van der Waals surface area contributed by atoms with Crippen molar-refractivity contribution < 1.29 is 5.11 Å². The van der Waals surface area contributed by atoms with Crippen LogP contribution in [-0.4, -0.2) is 49.3 Å².